The van der Waals surface area contributed by atoms with Crippen molar-refractivity contribution in [3.8, 4) is 0 Å². The molecule has 4 nitrogen and oxygen atoms in total. The van der Waals surface area contributed by atoms with Crippen molar-refractivity contribution in [3.63, 3.8) is 0 Å². The number of carbonyl (C=O) groups excluding carboxylic acids is 1. The van der Waals surface area contributed by atoms with Crippen LogP contribution in [0.3, 0.4) is 0 Å². The summed E-state index contributed by atoms with van der Waals surface area (Å²) >= 11 is 1.40. The van der Waals surface area contributed by atoms with Gasteiger partial charge in [-0.2, -0.15) is 0 Å². The first kappa shape index (κ1) is 12.0. The number of aromatic nitrogens is 1. The van der Waals surface area contributed by atoms with Gasteiger partial charge in [0.25, 0.3) is 0 Å². The molecule has 98 valence electrons. The Morgan fingerprint density at radius 2 is 2.28 bits per heavy atom. The lowest BCUT2D eigenvalue weighted by molar-refractivity contribution is 0.0605. The Hall–Kier alpha value is -1.10. The van der Waals surface area contributed by atoms with Crippen molar-refractivity contribution in [2.24, 2.45) is 11.3 Å². The van der Waals surface area contributed by atoms with Crippen LogP contribution in [0.5, 0.6) is 0 Å². The molecule has 0 atom stereocenters. The maximum absolute atomic E-state index is 11.5. The number of rotatable bonds is 5. The SMILES string of the molecule is COC(=O)c1sc(NCC2(C3CC3)CC2)nc1C. The van der Waals surface area contributed by atoms with E-state index in [1.807, 2.05) is 6.92 Å². The third kappa shape index (κ3) is 2.11. The smallest absolute Gasteiger partial charge is 0.350 e. The number of anilines is 1. The topological polar surface area (TPSA) is 51.2 Å². The number of ether oxygens (including phenoxy) is 1. The normalized spacial score (nSPS) is 20.6. The average molecular weight is 266 g/mol. The molecule has 2 saturated carbocycles. The van der Waals surface area contributed by atoms with E-state index >= 15 is 0 Å². The lowest BCUT2D eigenvalue weighted by atomic mass is 10.0. The quantitative estimate of drug-likeness (QED) is 0.833. The first-order valence-electron chi connectivity index (χ1n) is 6.44. The minimum Gasteiger partial charge on any atom is -0.465 e. The predicted octanol–water partition coefficient (Wildman–Crippen LogP) is 2.84. The molecule has 1 aromatic rings. The van der Waals surface area contributed by atoms with Crippen LogP contribution in [-0.4, -0.2) is 24.6 Å². The molecule has 2 aliphatic rings. The maximum atomic E-state index is 11.5. The molecular formula is C13H18N2O2S. The second kappa shape index (κ2) is 4.23. The van der Waals surface area contributed by atoms with E-state index < -0.39 is 0 Å². The number of nitrogens with zero attached hydrogens (tertiary/aromatic N) is 1. The van der Waals surface area contributed by atoms with Gasteiger partial charge in [0, 0.05) is 6.54 Å². The number of nitrogens with one attached hydrogen (secondary N) is 1. The Morgan fingerprint density at radius 1 is 1.56 bits per heavy atom. The summed E-state index contributed by atoms with van der Waals surface area (Å²) in [6, 6.07) is 0. The molecule has 5 heteroatoms. The third-order valence-corrected chi connectivity index (χ3v) is 5.19. The van der Waals surface area contributed by atoms with E-state index in [-0.39, 0.29) is 5.97 Å². The van der Waals surface area contributed by atoms with Crippen LogP contribution < -0.4 is 5.32 Å². The van der Waals surface area contributed by atoms with Gasteiger partial charge < -0.3 is 10.1 Å². The Morgan fingerprint density at radius 3 is 2.83 bits per heavy atom. The van der Waals surface area contributed by atoms with Gasteiger partial charge in [-0.1, -0.05) is 11.3 Å². The molecule has 18 heavy (non-hydrogen) atoms. The summed E-state index contributed by atoms with van der Waals surface area (Å²) in [6.07, 6.45) is 5.48. The van der Waals surface area contributed by atoms with E-state index in [2.05, 4.69) is 10.3 Å². The van der Waals surface area contributed by atoms with E-state index in [9.17, 15) is 4.79 Å². The zero-order valence-electron chi connectivity index (χ0n) is 10.8. The number of hydrogen-bond acceptors (Lipinski definition) is 5. The summed E-state index contributed by atoms with van der Waals surface area (Å²) in [5, 5.41) is 4.26. The van der Waals surface area contributed by atoms with Gasteiger partial charge in [-0.3, -0.25) is 0 Å². The molecule has 1 heterocycles. The molecular weight excluding hydrogens is 248 g/mol. The van der Waals surface area contributed by atoms with Gasteiger partial charge in [-0.25, -0.2) is 9.78 Å². The summed E-state index contributed by atoms with van der Waals surface area (Å²) in [7, 11) is 1.40. The number of esters is 1. The van der Waals surface area contributed by atoms with Crippen molar-refractivity contribution in [1.82, 2.24) is 4.98 Å². The second-order valence-electron chi connectivity index (χ2n) is 5.42. The summed E-state index contributed by atoms with van der Waals surface area (Å²) < 4.78 is 4.74. The van der Waals surface area contributed by atoms with Crippen LogP contribution in [0.2, 0.25) is 0 Å². The molecule has 1 aromatic heterocycles. The molecule has 0 unspecified atom stereocenters. The second-order valence-corrected chi connectivity index (χ2v) is 6.41. The van der Waals surface area contributed by atoms with Crippen molar-refractivity contribution in [2.45, 2.75) is 32.6 Å². The highest BCUT2D eigenvalue weighted by atomic mass is 32.1. The first-order chi connectivity index (χ1) is 8.64. The Bertz CT molecular complexity index is 475. The highest BCUT2D eigenvalue weighted by Crippen LogP contribution is 2.61. The summed E-state index contributed by atoms with van der Waals surface area (Å²) in [5.41, 5.74) is 1.30. The number of carbonyl (C=O) groups is 1. The zero-order valence-corrected chi connectivity index (χ0v) is 11.6. The van der Waals surface area contributed by atoms with Crippen LogP contribution in [0, 0.1) is 18.3 Å². The number of thiazole rings is 1. The lowest BCUT2D eigenvalue weighted by Crippen LogP contribution is -2.17. The molecule has 2 aliphatic carbocycles. The number of hydrogen-bond donors (Lipinski definition) is 1. The van der Waals surface area contributed by atoms with Crippen molar-refractivity contribution >= 4 is 22.4 Å². The Kier molecular flexibility index (Phi) is 2.81. The Labute approximate surface area is 111 Å². The molecule has 0 amide bonds. The van der Waals surface area contributed by atoms with Crippen LogP contribution >= 0.6 is 11.3 Å². The van der Waals surface area contributed by atoms with Gasteiger partial charge >= 0.3 is 5.97 Å². The van der Waals surface area contributed by atoms with Crippen molar-refractivity contribution in [1.29, 1.82) is 0 Å². The Balaban J connectivity index is 1.64. The molecule has 0 bridgehead atoms. The standard InChI is InChI=1S/C13H18N2O2S/c1-8-10(11(16)17-2)18-12(15-8)14-7-13(5-6-13)9-3-4-9/h9H,3-7H2,1-2H3,(H,14,15). The molecule has 0 saturated heterocycles. The van der Waals surface area contributed by atoms with Gasteiger partial charge in [0.1, 0.15) is 4.88 Å². The highest BCUT2D eigenvalue weighted by molar-refractivity contribution is 7.17. The minimum atomic E-state index is -0.290. The van der Waals surface area contributed by atoms with Crippen LogP contribution in [0.25, 0.3) is 0 Å². The van der Waals surface area contributed by atoms with E-state index in [1.165, 1.54) is 44.1 Å². The van der Waals surface area contributed by atoms with Gasteiger partial charge in [-0.05, 0) is 43.9 Å². The fourth-order valence-electron chi connectivity index (χ4n) is 2.59. The molecule has 3 rings (SSSR count). The van der Waals surface area contributed by atoms with Crippen LogP contribution in [-0.2, 0) is 4.74 Å². The highest BCUT2D eigenvalue weighted by Gasteiger charge is 2.53. The molecule has 0 spiro atoms. The molecule has 1 N–H and O–H groups in total. The van der Waals surface area contributed by atoms with Crippen molar-refractivity contribution < 1.29 is 9.53 Å². The van der Waals surface area contributed by atoms with Gasteiger partial charge in [0.05, 0.1) is 12.8 Å². The largest absolute Gasteiger partial charge is 0.465 e. The average Bonchev–Trinajstić information content (AvgIpc) is 3.24. The lowest BCUT2D eigenvalue weighted by Gasteiger charge is -2.13. The predicted molar refractivity (Wildman–Crippen MR) is 71.1 cm³/mol. The molecule has 0 aromatic carbocycles. The van der Waals surface area contributed by atoms with Gasteiger partial charge in [-0.15, -0.1) is 0 Å². The van der Waals surface area contributed by atoms with E-state index in [0.717, 1.165) is 23.3 Å². The fraction of sp³-hybridized carbons (Fsp3) is 0.692. The summed E-state index contributed by atoms with van der Waals surface area (Å²) in [4.78, 5) is 16.5. The van der Waals surface area contributed by atoms with Crippen LogP contribution in [0.15, 0.2) is 0 Å². The van der Waals surface area contributed by atoms with Gasteiger partial charge in [0.2, 0.25) is 0 Å². The van der Waals surface area contributed by atoms with E-state index in [0.29, 0.717) is 10.3 Å². The van der Waals surface area contributed by atoms with E-state index in [1.54, 1.807) is 0 Å². The summed E-state index contributed by atoms with van der Waals surface area (Å²) in [5.74, 6) is 0.646. The van der Waals surface area contributed by atoms with Gasteiger partial charge in [0.15, 0.2) is 5.13 Å². The molecule has 0 aliphatic heterocycles. The monoisotopic (exact) mass is 266 g/mol. The number of aryl methyl sites for hydroxylation is 1. The van der Waals surface area contributed by atoms with E-state index in [4.69, 9.17) is 4.74 Å². The summed E-state index contributed by atoms with van der Waals surface area (Å²) in [6.45, 7) is 2.85. The molecule has 0 radical (unpaired) electrons. The first-order valence-corrected chi connectivity index (χ1v) is 7.26. The molecule has 2 fully saturated rings. The maximum Gasteiger partial charge on any atom is 0.350 e. The van der Waals surface area contributed by atoms with Crippen molar-refractivity contribution in [2.75, 3.05) is 19.0 Å². The third-order valence-electron chi connectivity index (χ3n) is 4.09. The number of methoxy groups -OCH3 is 1. The zero-order chi connectivity index (χ0) is 12.8. The van der Waals surface area contributed by atoms with Crippen LogP contribution in [0.4, 0.5) is 5.13 Å². The van der Waals surface area contributed by atoms with Crippen molar-refractivity contribution in [3.05, 3.63) is 10.6 Å². The van der Waals surface area contributed by atoms with Crippen LogP contribution in [0.1, 0.15) is 41.0 Å². The minimum absolute atomic E-state index is 0.290. The fourth-order valence-corrected chi connectivity index (χ4v) is 3.47.